The van der Waals surface area contributed by atoms with Gasteiger partial charge in [0.2, 0.25) is 0 Å². The van der Waals surface area contributed by atoms with E-state index in [1.54, 1.807) is 0 Å². The van der Waals surface area contributed by atoms with Gasteiger partial charge in [-0.25, -0.2) is 4.98 Å². The summed E-state index contributed by atoms with van der Waals surface area (Å²) in [6, 6.07) is 37.4. The average molecular weight is 765 g/mol. The van der Waals surface area contributed by atoms with Crippen molar-refractivity contribution >= 4 is 21.8 Å². The molecule has 4 aromatic carbocycles. The summed E-state index contributed by atoms with van der Waals surface area (Å²) in [5.41, 5.74) is 11.2. The molecule has 0 aliphatic rings. The number of para-hydroxylation sites is 1. The summed E-state index contributed by atoms with van der Waals surface area (Å²) in [6.45, 7) is 15.6. The van der Waals surface area contributed by atoms with Gasteiger partial charge in [-0.05, 0) is 65.2 Å². The largest absolute Gasteiger partial charge is 2.00 e. The molecule has 262 valence electrons. The Hall–Kier alpha value is -4.50. The van der Waals surface area contributed by atoms with Crippen molar-refractivity contribution in [2.75, 3.05) is 0 Å². The molecule has 0 amide bonds. The van der Waals surface area contributed by atoms with Gasteiger partial charge in [0.15, 0.2) is 0 Å². The number of ether oxygens (including phenoxy) is 1. The van der Waals surface area contributed by atoms with Crippen LogP contribution in [-0.2, 0) is 51.5 Å². The fourth-order valence-corrected chi connectivity index (χ4v) is 7.00. The SMILES string of the molecule is CCCc1nn(-c2[c-]c(Oc3[c-]c4c(cc3)c3ccccc3n4-c3cc(CC)ccn3)cc(CC)c2)c(C(C)(C)C)c1-c1ccc(CC)cc1.[Pd+2]. The first-order valence-corrected chi connectivity index (χ1v) is 18.1. The van der Waals surface area contributed by atoms with Crippen LogP contribution in [0.4, 0.5) is 0 Å². The molecule has 0 saturated carbocycles. The van der Waals surface area contributed by atoms with E-state index in [1.807, 2.05) is 12.3 Å². The number of benzene rings is 4. The van der Waals surface area contributed by atoms with Gasteiger partial charge in [0, 0.05) is 34.2 Å². The van der Waals surface area contributed by atoms with E-state index in [4.69, 9.17) is 14.8 Å². The van der Waals surface area contributed by atoms with E-state index in [1.165, 1.54) is 27.9 Å². The summed E-state index contributed by atoms with van der Waals surface area (Å²) in [6.07, 6.45) is 6.62. The molecular formula is C45H46N4OPd. The van der Waals surface area contributed by atoms with Gasteiger partial charge in [-0.1, -0.05) is 109 Å². The summed E-state index contributed by atoms with van der Waals surface area (Å²) in [5, 5.41) is 7.58. The van der Waals surface area contributed by atoms with Crippen LogP contribution in [0.3, 0.4) is 0 Å². The smallest absolute Gasteiger partial charge is 0.509 e. The van der Waals surface area contributed by atoms with Crippen LogP contribution in [0.25, 0.3) is 44.4 Å². The van der Waals surface area contributed by atoms with E-state index in [0.29, 0.717) is 11.5 Å². The molecule has 0 radical (unpaired) electrons. The summed E-state index contributed by atoms with van der Waals surface area (Å²) in [4.78, 5) is 4.78. The first kappa shape index (κ1) is 36.3. The van der Waals surface area contributed by atoms with Gasteiger partial charge in [-0.3, -0.25) is 4.68 Å². The van der Waals surface area contributed by atoms with Crippen molar-refractivity contribution in [1.29, 1.82) is 0 Å². The first-order valence-electron chi connectivity index (χ1n) is 18.1. The second-order valence-electron chi connectivity index (χ2n) is 14.1. The maximum atomic E-state index is 6.66. The fraction of sp³-hybridized carbons (Fsp3) is 0.289. The third-order valence-electron chi connectivity index (χ3n) is 9.56. The van der Waals surface area contributed by atoms with Crippen LogP contribution in [0.5, 0.6) is 11.5 Å². The molecule has 6 heteroatoms. The minimum absolute atomic E-state index is 0. The van der Waals surface area contributed by atoms with Gasteiger partial charge in [0.05, 0.1) is 11.4 Å². The Morgan fingerprint density at radius 3 is 2.18 bits per heavy atom. The zero-order chi connectivity index (χ0) is 35.0. The van der Waals surface area contributed by atoms with Crippen LogP contribution in [-0.4, -0.2) is 19.3 Å². The van der Waals surface area contributed by atoms with Gasteiger partial charge in [0.25, 0.3) is 0 Å². The maximum absolute atomic E-state index is 6.66. The van der Waals surface area contributed by atoms with E-state index < -0.39 is 0 Å². The Bertz CT molecular complexity index is 2310. The van der Waals surface area contributed by atoms with Gasteiger partial charge in [-0.15, -0.1) is 35.7 Å². The van der Waals surface area contributed by atoms with Gasteiger partial charge >= 0.3 is 20.4 Å². The molecule has 0 aliphatic heterocycles. The molecule has 0 unspecified atom stereocenters. The van der Waals surface area contributed by atoms with Crippen molar-refractivity contribution < 1.29 is 25.2 Å². The molecule has 51 heavy (non-hydrogen) atoms. The number of aryl methyl sites for hydroxylation is 4. The summed E-state index contributed by atoms with van der Waals surface area (Å²) >= 11 is 0. The fourth-order valence-electron chi connectivity index (χ4n) is 7.00. The molecule has 0 fully saturated rings. The normalized spacial score (nSPS) is 11.7. The molecule has 7 rings (SSSR count). The molecule has 0 bridgehead atoms. The number of aromatic nitrogens is 4. The Kier molecular flexibility index (Phi) is 10.7. The minimum Gasteiger partial charge on any atom is -0.509 e. The molecular weight excluding hydrogens is 719 g/mol. The quantitative estimate of drug-likeness (QED) is 0.103. The zero-order valence-corrected chi connectivity index (χ0v) is 32.3. The second kappa shape index (κ2) is 15.0. The number of hydrogen-bond acceptors (Lipinski definition) is 3. The van der Waals surface area contributed by atoms with Crippen LogP contribution in [0.2, 0.25) is 0 Å². The predicted molar refractivity (Wildman–Crippen MR) is 206 cm³/mol. The Morgan fingerprint density at radius 2 is 1.47 bits per heavy atom. The first-order chi connectivity index (χ1) is 24.2. The second-order valence-corrected chi connectivity index (χ2v) is 14.1. The van der Waals surface area contributed by atoms with Crippen molar-refractivity contribution in [2.45, 2.75) is 86.0 Å². The molecule has 3 aromatic heterocycles. The van der Waals surface area contributed by atoms with Crippen molar-refractivity contribution in [3.8, 4) is 34.1 Å². The molecule has 0 saturated heterocycles. The summed E-state index contributed by atoms with van der Waals surface area (Å²) < 4.78 is 11.0. The van der Waals surface area contributed by atoms with Gasteiger partial charge in [-0.2, -0.15) is 16.7 Å². The van der Waals surface area contributed by atoms with Crippen molar-refractivity contribution in [3.63, 3.8) is 0 Å². The molecule has 0 atom stereocenters. The van der Waals surface area contributed by atoms with E-state index in [-0.39, 0.29) is 25.8 Å². The Labute approximate surface area is 316 Å². The molecule has 5 nitrogen and oxygen atoms in total. The monoisotopic (exact) mass is 764 g/mol. The third kappa shape index (κ3) is 7.05. The Morgan fingerprint density at radius 1 is 0.725 bits per heavy atom. The van der Waals surface area contributed by atoms with E-state index in [9.17, 15) is 0 Å². The van der Waals surface area contributed by atoms with Crippen molar-refractivity contribution in [3.05, 3.63) is 131 Å². The number of pyridine rings is 1. The van der Waals surface area contributed by atoms with Crippen LogP contribution >= 0.6 is 0 Å². The molecule has 3 heterocycles. The van der Waals surface area contributed by atoms with E-state index in [0.717, 1.165) is 76.7 Å². The summed E-state index contributed by atoms with van der Waals surface area (Å²) in [5.74, 6) is 2.15. The van der Waals surface area contributed by atoms with Gasteiger partial charge < -0.3 is 9.30 Å². The van der Waals surface area contributed by atoms with E-state index >= 15 is 0 Å². The third-order valence-corrected chi connectivity index (χ3v) is 9.56. The molecule has 0 N–H and O–H groups in total. The van der Waals surface area contributed by atoms with Gasteiger partial charge in [0.1, 0.15) is 5.82 Å². The number of hydrogen-bond donors (Lipinski definition) is 0. The van der Waals surface area contributed by atoms with Crippen LogP contribution in [0, 0.1) is 12.1 Å². The summed E-state index contributed by atoms with van der Waals surface area (Å²) in [7, 11) is 0. The Balaban J connectivity index is 0.00000448. The molecule has 7 aromatic rings. The van der Waals surface area contributed by atoms with Crippen molar-refractivity contribution in [1.82, 2.24) is 19.3 Å². The predicted octanol–water partition coefficient (Wildman–Crippen LogP) is 11.4. The van der Waals surface area contributed by atoms with Crippen molar-refractivity contribution in [2.24, 2.45) is 0 Å². The standard InChI is InChI=1S/C45H46N4O.Pd/c1-8-14-39-43(33-19-17-30(9-2)18-20-33)44(45(5,6)7)49(47-39)34-25-32(11-4)26-36(28-34)50-35-21-22-38-37-15-12-13-16-40(37)48(41(38)29-35)42-27-31(10-3)23-24-46-42;/h12-13,15-27H,8-11,14H2,1-7H3;/q-2;+2. The number of rotatable bonds is 10. The van der Waals surface area contributed by atoms with Crippen LogP contribution in [0.15, 0.2) is 91.1 Å². The minimum atomic E-state index is -0.176. The van der Waals surface area contributed by atoms with E-state index in [2.05, 4.69) is 149 Å². The molecule has 0 aliphatic carbocycles. The number of nitrogens with zero attached hydrogens (tertiary/aromatic N) is 4. The maximum Gasteiger partial charge on any atom is 2.00 e. The molecule has 0 spiro atoms. The van der Waals surface area contributed by atoms with Crippen LogP contribution < -0.4 is 4.74 Å². The van der Waals surface area contributed by atoms with Crippen LogP contribution in [0.1, 0.15) is 83.0 Å². The topological polar surface area (TPSA) is 44.9 Å². The average Bonchev–Trinajstić information content (AvgIpc) is 3.68. The number of fused-ring (bicyclic) bond motifs is 3. The zero-order valence-electron chi connectivity index (χ0n) is 30.7.